The van der Waals surface area contributed by atoms with Gasteiger partial charge in [0.25, 0.3) is 11.5 Å². The Morgan fingerprint density at radius 2 is 1.76 bits per heavy atom. The third kappa shape index (κ3) is 6.25. The molecule has 0 aliphatic heterocycles. The van der Waals surface area contributed by atoms with Gasteiger partial charge in [-0.1, -0.05) is 12.1 Å². The fourth-order valence-corrected chi connectivity index (χ4v) is 4.29. The Balaban J connectivity index is 1.28. The number of pyridine rings is 1. The van der Waals surface area contributed by atoms with Gasteiger partial charge in [-0.05, 0) is 72.6 Å². The van der Waals surface area contributed by atoms with Gasteiger partial charge in [-0.25, -0.2) is 9.59 Å². The minimum absolute atomic E-state index is 0.191. The molecule has 11 nitrogen and oxygen atoms in total. The fourth-order valence-electron chi connectivity index (χ4n) is 4.29. The number of hydrogen-bond acceptors (Lipinski definition) is 7. The van der Waals surface area contributed by atoms with Gasteiger partial charge in [-0.15, -0.1) is 0 Å². The molecule has 0 aliphatic carbocycles. The molecule has 0 fully saturated rings. The Hall–Kier alpha value is -5.45. The van der Waals surface area contributed by atoms with Crippen LogP contribution in [0.2, 0.25) is 0 Å². The van der Waals surface area contributed by atoms with E-state index in [1.54, 1.807) is 67.7 Å². The number of ether oxygens (including phenoxy) is 2. The zero-order valence-electron chi connectivity index (χ0n) is 22.2. The van der Waals surface area contributed by atoms with Crippen molar-refractivity contribution in [2.24, 2.45) is 0 Å². The Bertz CT molecular complexity index is 1790. The maximum absolute atomic E-state index is 12.7. The second-order valence-electron chi connectivity index (χ2n) is 9.08. The van der Waals surface area contributed by atoms with Crippen molar-refractivity contribution in [3.63, 3.8) is 0 Å². The van der Waals surface area contributed by atoms with Crippen molar-refractivity contribution >= 4 is 22.9 Å². The van der Waals surface area contributed by atoms with E-state index in [0.29, 0.717) is 34.6 Å². The molecule has 41 heavy (non-hydrogen) atoms. The van der Waals surface area contributed by atoms with Crippen LogP contribution in [-0.2, 0) is 11.3 Å². The lowest BCUT2D eigenvalue weighted by atomic mass is 10.1. The van der Waals surface area contributed by atoms with Gasteiger partial charge < -0.3 is 19.8 Å². The van der Waals surface area contributed by atoms with Crippen LogP contribution < -0.4 is 21.3 Å². The lowest BCUT2D eigenvalue weighted by Crippen LogP contribution is -2.30. The first-order chi connectivity index (χ1) is 19.9. The van der Waals surface area contributed by atoms with Crippen LogP contribution in [0.4, 0.5) is 0 Å². The average Bonchev–Trinajstić information content (AvgIpc) is 3.45. The molecule has 5 aromatic rings. The number of H-pyrrole nitrogens is 2. The first kappa shape index (κ1) is 27.1. The molecule has 5 rings (SSSR count). The van der Waals surface area contributed by atoms with Crippen molar-refractivity contribution in [2.75, 3.05) is 19.8 Å². The fraction of sp³-hybridized carbons (Fsp3) is 0.167. The molecular formula is C30H27N5O6. The summed E-state index contributed by atoms with van der Waals surface area (Å²) in [6.45, 7) is 2.81. The maximum Gasteiger partial charge on any atom is 0.338 e. The molecular weight excluding hydrogens is 526 g/mol. The monoisotopic (exact) mass is 553 g/mol. The second-order valence-corrected chi connectivity index (χ2v) is 9.08. The van der Waals surface area contributed by atoms with E-state index in [1.165, 1.54) is 10.8 Å². The number of carbonyl (C=O) groups excluding carboxylic acids is 2. The minimum atomic E-state index is -0.540. The molecule has 0 atom stereocenters. The zero-order valence-corrected chi connectivity index (χ0v) is 22.2. The van der Waals surface area contributed by atoms with Crippen molar-refractivity contribution in [1.29, 1.82) is 0 Å². The molecule has 0 saturated carbocycles. The summed E-state index contributed by atoms with van der Waals surface area (Å²) in [4.78, 5) is 58.7. The summed E-state index contributed by atoms with van der Waals surface area (Å²) in [6, 6.07) is 19.1. The van der Waals surface area contributed by atoms with E-state index >= 15 is 0 Å². The standard InChI is InChI=1S/C30H27N5O6/c1-2-40-29(38)21-7-5-19(6-8-21)18-35-25-16-24(33-26(25)28(37)34-30(35)39)20-9-11-23(12-10-20)41-15-14-32-27(36)22-4-3-13-31-17-22/h3-13,16-17,33H,2,14-15,18H2,1H3,(H,32,36)(H,34,37,39). The van der Waals surface area contributed by atoms with Gasteiger partial charge in [-0.2, -0.15) is 0 Å². The number of esters is 1. The van der Waals surface area contributed by atoms with Crippen LogP contribution >= 0.6 is 0 Å². The summed E-state index contributed by atoms with van der Waals surface area (Å²) in [5.41, 5.74) is 2.77. The number of nitrogens with zero attached hydrogens (tertiary/aromatic N) is 2. The average molecular weight is 554 g/mol. The third-order valence-corrected chi connectivity index (χ3v) is 6.33. The Labute approximate surface area is 233 Å². The summed E-state index contributed by atoms with van der Waals surface area (Å²) in [5, 5.41) is 2.78. The Morgan fingerprint density at radius 1 is 0.976 bits per heavy atom. The van der Waals surface area contributed by atoms with Crippen LogP contribution in [-0.4, -0.2) is 51.2 Å². The molecule has 3 aromatic heterocycles. The van der Waals surface area contributed by atoms with Crippen LogP contribution in [0.15, 0.2) is 88.7 Å². The van der Waals surface area contributed by atoms with Gasteiger partial charge in [-0.3, -0.25) is 24.1 Å². The third-order valence-electron chi connectivity index (χ3n) is 6.33. The van der Waals surface area contributed by atoms with Gasteiger partial charge in [0.05, 0.1) is 36.3 Å². The predicted molar refractivity (Wildman–Crippen MR) is 152 cm³/mol. The predicted octanol–water partition coefficient (Wildman–Crippen LogP) is 3.11. The Morgan fingerprint density at radius 3 is 2.46 bits per heavy atom. The second kappa shape index (κ2) is 12.2. The number of nitrogens with one attached hydrogen (secondary N) is 3. The number of aromatic nitrogens is 4. The molecule has 208 valence electrons. The summed E-state index contributed by atoms with van der Waals surface area (Å²) >= 11 is 0. The normalized spacial score (nSPS) is 10.9. The van der Waals surface area contributed by atoms with Crippen LogP contribution in [0, 0.1) is 0 Å². The first-order valence-electron chi connectivity index (χ1n) is 13.0. The largest absolute Gasteiger partial charge is 0.492 e. The van der Waals surface area contributed by atoms with E-state index in [0.717, 1.165) is 11.1 Å². The molecule has 3 heterocycles. The molecule has 0 saturated heterocycles. The van der Waals surface area contributed by atoms with Gasteiger partial charge in [0.1, 0.15) is 17.9 Å². The highest BCUT2D eigenvalue weighted by molar-refractivity contribution is 5.93. The van der Waals surface area contributed by atoms with Crippen molar-refractivity contribution < 1.29 is 19.1 Å². The molecule has 3 N–H and O–H groups in total. The number of amides is 1. The lowest BCUT2D eigenvalue weighted by molar-refractivity contribution is 0.0526. The van der Waals surface area contributed by atoms with Crippen LogP contribution in [0.25, 0.3) is 22.3 Å². The van der Waals surface area contributed by atoms with Crippen molar-refractivity contribution in [3.05, 3.63) is 117 Å². The van der Waals surface area contributed by atoms with E-state index in [1.807, 2.05) is 12.1 Å². The molecule has 2 aromatic carbocycles. The van der Waals surface area contributed by atoms with Crippen molar-refractivity contribution in [2.45, 2.75) is 13.5 Å². The maximum atomic E-state index is 12.7. The SMILES string of the molecule is CCOC(=O)c1ccc(Cn2c(=O)[nH]c(=O)c3[nH]c(-c4ccc(OCCNC(=O)c5cccnc5)cc4)cc32)cc1. The first-order valence-corrected chi connectivity index (χ1v) is 13.0. The molecule has 11 heteroatoms. The highest BCUT2D eigenvalue weighted by Gasteiger charge is 2.14. The van der Waals surface area contributed by atoms with E-state index in [4.69, 9.17) is 9.47 Å². The number of hydrogen-bond donors (Lipinski definition) is 3. The highest BCUT2D eigenvalue weighted by atomic mass is 16.5. The van der Waals surface area contributed by atoms with Crippen molar-refractivity contribution in [1.82, 2.24) is 24.8 Å². The van der Waals surface area contributed by atoms with E-state index in [9.17, 15) is 19.2 Å². The number of rotatable bonds is 10. The lowest BCUT2D eigenvalue weighted by Gasteiger charge is -2.08. The van der Waals surface area contributed by atoms with Gasteiger partial charge >= 0.3 is 11.7 Å². The van der Waals surface area contributed by atoms with Gasteiger partial charge in [0.15, 0.2) is 0 Å². The number of fused-ring (bicyclic) bond motifs is 1. The smallest absolute Gasteiger partial charge is 0.338 e. The number of benzene rings is 2. The topological polar surface area (TPSA) is 148 Å². The van der Waals surface area contributed by atoms with Gasteiger partial charge in [0, 0.05) is 18.1 Å². The van der Waals surface area contributed by atoms with Gasteiger partial charge in [0.2, 0.25) is 0 Å². The summed E-state index contributed by atoms with van der Waals surface area (Å²) < 4.78 is 12.2. The quantitative estimate of drug-likeness (QED) is 0.178. The molecule has 0 unspecified atom stereocenters. The summed E-state index contributed by atoms with van der Waals surface area (Å²) in [6.07, 6.45) is 3.10. The van der Waals surface area contributed by atoms with E-state index in [2.05, 4.69) is 20.3 Å². The van der Waals surface area contributed by atoms with Crippen molar-refractivity contribution in [3.8, 4) is 17.0 Å². The number of carbonyl (C=O) groups is 2. The van der Waals surface area contributed by atoms with E-state index < -0.39 is 17.2 Å². The van der Waals surface area contributed by atoms with E-state index in [-0.39, 0.29) is 31.2 Å². The minimum Gasteiger partial charge on any atom is -0.492 e. The number of aromatic amines is 2. The Kier molecular flexibility index (Phi) is 8.05. The van der Waals surface area contributed by atoms with Crippen LogP contribution in [0.1, 0.15) is 33.2 Å². The summed E-state index contributed by atoms with van der Waals surface area (Å²) in [7, 11) is 0. The van der Waals surface area contributed by atoms with Crippen LogP contribution in [0.3, 0.4) is 0 Å². The molecule has 1 amide bonds. The summed E-state index contributed by atoms with van der Waals surface area (Å²) in [5.74, 6) is -0.0264. The van der Waals surface area contributed by atoms with Crippen LogP contribution in [0.5, 0.6) is 5.75 Å². The zero-order chi connectivity index (χ0) is 28.8. The molecule has 0 aliphatic rings. The molecule has 0 radical (unpaired) electrons. The molecule has 0 spiro atoms. The highest BCUT2D eigenvalue weighted by Crippen LogP contribution is 2.24. The molecule has 0 bridgehead atoms.